The van der Waals surface area contributed by atoms with E-state index < -0.39 is 0 Å². The van der Waals surface area contributed by atoms with Gasteiger partial charge in [-0.1, -0.05) is 0 Å². The van der Waals surface area contributed by atoms with Crippen LogP contribution in [0.15, 0.2) is 12.1 Å². The average Bonchev–Trinajstić information content (AvgIpc) is 2.25. The molecule has 5 nitrogen and oxygen atoms in total. The predicted molar refractivity (Wildman–Crippen MR) is 66.4 cm³/mol. The Labute approximate surface area is 105 Å². The fourth-order valence-corrected chi connectivity index (χ4v) is 1.75. The van der Waals surface area contributed by atoms with Gasteiger partial charge in [-0.2, -0.15) is 0 Å². The van der Waals surface area contributed by atoms with Crippen LogP contribution < -0.4 is 0 Å². The zero-order valence-corrected chi connectivity index (χ0v) is 10.9. The number of aromatic nitrogens is 4. The summed E-state index contributed by atoms with van der Waals surface area (Å²) in [6, 6.07) is 3.64. The van der Waals surface area contributed by atoms with E-state index in [4.69, 9.17) is 0 Å². The van der Waals surface area contributed by atoms with E-state index in [1.807, 2.05) is 39.8 Å². The van der Waals surface area contributed by atoms with Crippen molar-refractivity contribution >= 4 is 5.78 Å². The lowest BCUT2D eigenvalue weighted by Gasteiger charge is -2.03. The Bertz CT molecular complexity index is 528. The van der Waals surface area contributed by atoms with E-state index in [-0.39, 0.29) is 17.4 Å². The predicted octanol–water partition coefficient (Wildman–Crippen LogP) is 1.73. The van der Waals surface area contributed by atoms with Crippen LogP contribution in [-0.2, 0) is 0 Å². The van der Waals surface area contributed by atoms with Crippen LogP contribution >= 0.6 is 0 Å². The van der Waals surface area contributed by atoms with Crippen LogP contribution in [0.5, 0.6) is 0 Å². The van der Waals surface area contributed by atoms with Crippen LogP contribution in [-0.4, -0.2) is 25.7 Å². The van der Waals surface area contributed by atoms with Crippen molar-refractivity contribution in [2.24, 2.45) is 0 Å². The van der Waals surface area contributed by atoms with E-state index in [1.165, 1.54) is 0 Å². The van der Waals surface area contributed by atoms with Crippen molar-refractivity contribution in [3.05, 3.63) is 46.6 Å². The Balaban J connectivity index is 2.47. The summed E-state index contributed by atoms with van der Waals surface area (Å²) in [7, 11) is 0. The van der Waals surface area contributed by atoms with Gasteiger partial charge in [0.05, 0.1) is 0 Å². The summed E-state index contributed by atoms with van der Waals surface area (Å²) in [5, 5.41) is 0. The number of hydrogen-bond acceptors (Lipinski definition) is 5. The first-order valence-electron chi connectivity index (χ1n) is 5.65. The van der Waals surface area contributed by atoms with E-state index in [2.05, 4.69) is 19.9 Å². The SMILES string of the molecule is Cc1cc(C)nc(C(=O)c2nc(C)cc(C)n2)n1. The number of carbonyl (C=O) groups excluding carboxylic acids is 1. The van der Waals surface area contributed by atoms with Crippen molar-refractivity contribution in [3.63, 3.8) is 0 Å². The van der Waals surface area contributed by atoms with Crippen LogP contribution in [0.25, 0.3) is 0 Å². The maximum Gasteiger partial charge on any atom is 0.267 e. The lowest BCUT2D eigenvalue weighted by Crippen LogP contribution is -2.13. The summed E-state index contributed by atoms with van der Waals surface area (Å²) in [4.78, 5) is 28.7. The van der Waals surface area contributed by atoms with E-state index in [1.54, 1.807) is 0 Å². The summed E-state index contributed by atoms with van der Waals surface area (Å²) >= 11 is 0. The highest BCUT2D eigenvalue weighted by molar-refractivity contribution is 6.03. The molecule has 0 N–H and O–H groups in total. The van der Waals surface area contributed by atoms with Crippen LogP contribution in [0.1, 0.15) is 39.2 Å². The maximum atomic E-state index is 12.2. The summed E-state index contributed by atoms with van der Waals surface area (Å²) < 4.78 is 0. The second-order valence-corrected chi connectivity index (χ2v) is 4.28. The highest BCUT2D eigenvalue weighted by atomic mass is 16.1. The van der Waals surface area contributed by atoms with Crippen molar-refractivity contribution in [1.29, 1.82) is 0 Å². The van der Waals surface area contributed by atoms with Crippen molar-refractivity contribution in [2.75, 3.05) is 0 Å². The van der Waals surface area contributed by atoms with Crippen LogP contribution in [0.4, 0.5) is 0 Å². The molecule has 0 aliphatic carbocycles. The second kappa shape index (κ2) is 4.60. The number of rotatable bonds is 2. The molecule has 0 amide bonds. The number of ketones is 1. The molecule has 2 heterocycles. The third-order valence-corrected chi connectivity index (χ3v) is 2.37. The van der Waals surface area contributed by atoms with Crippen molar-refractivity contribution in [1.82, 2.24) is 19.9 Å². The van der Waals surface area contributed by atoms with Gasteiger partial charge in [-0.3, -0.25) is 4.79 Å². The van der Waals surface area contributed by atoms with E-state index >= 15 is 0 Å². The molecule has 0 bridgehead atoms. The second-order valence-electron chi connectivity index (χ2n) is 4.28. The van der Waals surface area contributed by atoms with E-state index in [9.17, 15) is 4.79 Å². The molecule has 0 radical (unpaired) electrons. The topological polar surface area (TPSA) is 68.6 Å². The third-order valence-electron chi connectivity index (χ3n) is 2.37. The number of carbonyl (C=O) groups is 1. The average molecular weight is 242 g/mol. The Morgan fingerprint density at radius 3 is 1.28 bits per heavy atom. The van der Waals surface area contributed by atoms with Crippen molar-refractivity contribution in [2.45, 2.75) is 27.7 Å². The van der Waals surface area contributed by atoms with Crippen LogP contribution in [0.2, 0.25) is 0 Å². The first kappa shape index (κ1) is 12.3. The number of nitrogens with zero attached hydrogens (tertiary/aromatic N) is 4. The minimum absolute atomic E-state index is 0.150. The molecule has 0 atom stereocenters. The largest absolute Gasteiger partial charge is 0.281 e. The van der Waals surface area contributed by atoms with Gasteiger partial charge >= 0.3 is 0 Å². The van der Waals surface area contributed by atoms with Crippen LogP contribution in [0, 0.1) is 27.7 Å². The van der Waals surface area contributed by atoms with Gasteiger partial charge in [-0.05, 0) is 39.8 Å². The molecule has 0 aliphatic heterocycles. The smallest absolute Gasteiger partial charge is 0.267 e. The van der Waals surface area contributed by atoms with E-state index in [0.717, 1.165) is 22.8 Å². The molecular formula is C13H14N4O. The maximum absolute atomic E-state index is 12.2. The number of hydrogen-bond donors (Lipinski definition) is 0. The molecule has 0 fully saturated rings. The van der Waals surface area contributed by atoms with Gasteiger partial charge in [-0.25, -0.2) is 19.9 Å². The van der Waals surface area contributed by atoms with Crippen molar-refractivity contribution in [3.8, 4) is 0 Å². The van der Waals surface area contributed by atoms with Gasteiger partial charge in [0.15, 0.2) is 0 Å². The molecular weight excluding hydrogens is 228 g/mol. The Kier molecular flexibility index (Phi) is 3.14. The fraction of sp³-hybridized carbons (Fsp3) is 0.308. The highest BCUT2D eigenvalue weighted by Crippen LogP contribution is 2.06. The first-order valence-corrected chi connectivity index (χ1v) is 5.65. The fourth-order valence-electron chi connectivity index (χ4n) is 1.75. The molecule has 18 heavy (non-hydrogen) atoms. The highest BCUT2D eigenvalue weighted by Gasteiger charge is 2.17. The zero-order chi connectivity index (χ0) is 13.3. The standard InChI is InChI=1S/C13H14N4O/c1-7-5-8(2)15-12(14-7)11(18)13-16-9(3)6-10(4)17-13/h5-6H,1-4H3. The molecule has 0 aliphatic rings. The molecule has 2 aromatic rings. The van der Waals surface area contributed by atoms with Gasteiger partial charge in [0.2, 0.25) is 11.6 Å². The summed E-state index contributed by atoms with van der Waals surface area (Å²) in [5.74, 6) is -0.0383. The molecule has 0 spiro atoms. The monoisotopic (exact) mass is 242 g/mol. The van der Waals surface area contributed by atoms with Crippen molar-refractivity contribution < 1.29 is 4.79 Å². The molecule has 0 saturated carbocycles. The number of aryl methyl sites for hydroxylation is 4. The molecule has 2 aromatic heterocycles. The molecule has 92 valence electrons. The summed E-state index contributed by atoms with van der Waals surface area (Å²) in [6.07, 6.45) is 0. The third kappa shape index (κ3) is 2.56. The lowest BCUT2D eigenvalue weighted by molar-refractivity contribution is 0.101. The lowest BCUT2D eigenvalue weighted by atomic mass is 10.2. The van der Waals surface area contributed by atoms with Gasteiger partial charge < -0.3 is 0 Å². The Morgan fingerprint density at radius 2 is 1.00 bits per heavy atom. The molecule has 0 unspecified atom stereocenters. The van der Waals surface area contributed by atoms with Crippen LogP contribution in [0.3, 0.4) is 0 Å². The zero-order valence-electron chi connectivity index (χ0n) is 10.9. The Morgan fingerprint density at radius 1 is 0.722 bits per heavy atom. The normalized spacial score (nSPS) is 10.4. The van der Waals surface area contributed by atoms with Gasteiger partial charge in [0.1, 0.15) is 0 Å². The molecule has 5 heteroatoms. The van der Waals surface area contributed by atoms with Gasteiger partial charge in [0.25, 0.3) is 5.78 Å². The minimum atomic E-state index is -0.339. The minimum Gasteiger partial charge on any atom is -0.281 e. The molecule has 0 aromatic carbocycles. The molecule has 0 saturated heterocycles. The Hall–Kier alpha value is -2.17. The first-order chi connectivity index (χ1) is 8.45. The summed E-state index contributed by atoms with van der Waals surface area (Å²) in [5.41, 5.74) is 3.04. The van der Waals surface area contributed by atoms with Gasteiger partial charge in [-0.15, -0.1) is 0 Å². The van der Waals surface area contributed by atoms with E-state index in [0.29, 0.717) is 0 Å². The quantitative estimate of drug-likeness (QED) is 0.750. The summed E-state index contributed by atoms with van der Waals surface area (Å²) in [6.45, 7) is 7.31. The van der Waals surface area contributed by atoms with Gasteiger partial charge in [0, 0.05) is 22.8 Å². The molecule has 2 rings (SSSR count).